The van der Waals surface area contributed by atoms with Crippen LogP contribution in [0, 0.1) is 0 Å². The number of hydrogen-bond donors (Lipinski definition) is 4. The molecule has 6 nitrogen and oxygen atoms in total. The van der Waals surface area contributed by atoms with Crippen molar-refractivity contribution in [2.24, 2.45) is 5.73 Å². The van der Waals surface area contributed by atoms with E-state index in [-0.39, 0.29) is 0 Å². The fourth-order valence-corrected chi connectivity index (χ4v) is 0.354. The summed E-state index contributed by atoms with van der Waals surface area (Å²) in [6.07, 6.45) is 1.39. The Hall–Kier alpha value is -1.14. The molecule has 0 unspecified atom stereocenters. The van der Waals surface area contributed by atoms with E-state index < -0.39 is 18.5 Å². The molecule has 0 atom stereocenters. The highest BCUT2D eigenvalue weighted by molar-refractivity contribution is 5.93. The zero-order valence-electron chi connectivity index (χ0n) is 6.67. The monoisotopic (exact) mass is 175 g/mol. The molecular formula is C6H13N3O3. The number of carbonyl (C=O) groups is 2. The van der Waals surface area contributed by atoms with Crippen LogP contribution in [-0.4, -0.2) is 36.7 Å². The van der Waals surface area contributed by atoms with E-state index in [1.807, 2.05) is 0 Å². The third-order valence-electron chi connectivity index (χ3n) is 1.11. The first kappa shape index (κ1) is 10.9. The quantitative estimate of drug-likeness (QED) is 0.375. The first-order chi connectivity index (χ1) is 5.66. The lowest BCUT2D eigenvalue weighted by Gasteiger charge is -2.09. The minimum Gasteiger partial charge on any atom is -0.387 e. The Morgan fingerprint density at radius 3 is 2.00 bits per heavy atom. The Bertz CT molecular complexity index is 152. The van der Waals surface area contributed by atoms with E-state index >= 15 is 0 Å². The summed E-state index contributed by atoms with van der Waals surface area (Å²) >= 11 is 0. The van der Waals surface area contributed by atoms with Crippen LogP contribution in [-0.2, 0) is 4.79 Å². The highest BCUT2D eigenvalue weighted by atomic mass is 16.3. The van der Waals surface area contributed by atoms with Crippen LogP contribution in [0.15, 0.2) is 0 Å². The maximum Gasteiger partial charge on any atom is 0.318 e. The molecule has 1 saturated heterocycles. The molecule has 0 spiro atoms. The lowest BCUT2D eigenvalue weighted by Crippen LogP contribution is -2.36. The molecule has 6 heteroatoms. The summed E-state index contributed by atoms with van der Waals surface area (Å²) in [6, 6.07) is -0.955. The zero-order chi connectivity index (χ0) is 9.40. The van der Waals surface area contributed by atoms with E-state index in [1.54, 1.807) is 5.32 Å². The topological polar surface area (TPSA) is 104 Å². The number of aliphatic hydroxyl groups excluding tert-OH is 1. The number of nitrogens with two attached hydrogens (primary N) is 1. The zero-order valence-corrected chi connectivity index (χ0v) is 6.67. The maximum absolute atomic E-state index is 9.96. The number of aliphatic hydroxyl groups is 1. The van der Waals surface area contributed by atoms with Gasteiger partial charge in [-0.1, -0.05) is 0 Å². The van der Waals surface area contributed by atoms with Crippen molar-refractivity contribution in [1.82, 2.24) is 10.6 Å². The number of hydrogen-bond acceptors (Lipinski definition) is 4. The molecule has 0 aliphatic carbocycles. The molecule has 12 heavy (non-hydrogen) atoms. The minimum absolute atomic E-state index is 0.719. The molecule has 70 valence electrons. The lowest BCUT2D eigenvalue weighted by atomic mass is 10.3. The number of carbonyl (C=O) groups excluding carboxylic acids is 2. The van der Waals surface area contributed by atoms with Crippen molar-refractivity contribution in [3.05, 3.63) is 0 Å². The molecule has 0 aromatic rings. The molecule has 1 aliphatic rings. The molecule has 0 aromatic carbocycles. The summed E-state index contributed by atoms with van der Waals surface area (Å²) in [5.74, 6) is -0.794. The summed E-state index contributed by atoms with van der Waals surface area (Å²) in [6.45, 7) is 1.78. The molecule has 1 fully saturated rings. The predicted molar refractivity (Wildman–Crippen MR) is 42.3 cm³/mol. The van der Waals surface area contributed by atoms with Crippen LogP contribution in [0.25, 0.3) is 0 Å². The molecule has 0 aromatic heterocycles. The summed E-state index contributed by atoms with van der Waals surface area (Å²) in [4.78, 5) is 19.7. The van der Waals surface area contributed by atoms with Gasteiger partial charge in [0.2, 0.25) is 0 Å². The van der Waals surface area contributed by atoms with Gasteiger partial charge in [0.25, 0.3) is 5.91 Å². The van der Waals surface area contributed by atoms with Gasteiger partial charge < -0.3 is 16.2 Å². The minimum atomic E-state index is -0.955. The SMILES string of the molecule is C1CNC1.NC(=O)NC(=O)CO. The standard InChI is InChI=1S/C3H6N2O3.C3H7N/c4-3(8)5-2(7)1-6;1-2-4-3-1/h6H,1H2,(H3,4,5,7,8);4H,1-3H2. The first-order valence-electron chi connectivity index (χ1n) is 3.57. The van der Waals surface area contributed by atoms with Crippen molar-refractivity contribution >= 4 is 11.9 Å². The second kappa shape index (κ2) is 6.56. The molecular weight excluding hydrogens is 162 g/mol. The van der Waals surface area contributed by atoms with E-state index in [0.29, 0.717) is 0 Å². The number of primary amides is 1. The van der Waals surface area contributed by atoms with Crippen LogP contribution >= 0.6 is 0 Å². The van der Waals surface area contributed by atoms with Crippen molar-refractivity contribution in [3.63, 3.8) is 0 Å². The molecule has 0 saturated carbocycles. The summed E-state index contributed by atoms with van der Waals surface area (Å²) < 4.78 is 0. The molecule has 1 heterocycles. The Balaban J connectivity index is 0.000000247. The fourth-order valence-electron chi connectivity index (χ4n) is 0.354. The molecule has 1 rings (SSSR count). The fraction of sp³-hybridized carbons (Fsp3) is 0.667. The van der Waals surface area contributed by atoms with Crippen LogP contribution in [0.5, 0.6) is 0 Å². The Labute approximate surface area is 70.1 Å². The van der Waals surface area contributed by atoms with Gasteiger partial charge in [-0.3, -0.25) is 10.1 Å². The summed E-state index contributed by atoms with van der Waals surface area (Å²) in [7, 11) is 0. The Morgan fingerprint density at radius 2 is 1.92 bits per heavy atom. The van der Waals surface area contributed by atoms with E-state index in [1.165, 1.54) is 19.5 Å². The smallest absolute Gasteiger partial charge is 0.318 e. The van der Waals surface area contributed by atoms with Crippen LogP contribution < -0.4 is 16.4 Å². The van der Waals surface area contributed by atoms with Crippen molar-refractivity contribution < 1.29 is 14.7 Å². The number of nitrogens with one attached hydrogen (secondary N) is 2. The number of amides is 3. The predicted octanol–water partition coefficient (Wildman–Crippen LogP) is -1.85. The molecule has 1 aliphatic heterocycles. The lowest BCUT2D eigenvalue weighted by molar-refractivity contribution is -0.122. The van der Waals surface area contributed by atoms with E-state index in [2.05, 4.69) is 11.1 Å². The van der Waals surface area contributed by atoms with Gasteiger partial charge in [0.15, 0.2) is 0 Å². The first-order valence-corrected chi connectivity index (χ1v) is 3.57. The second-order valence-corrected chi connectivity index (χ2v) is 2.17. The van der Waals surface area contributed by atoms with Gasteiger partial charge in [-0.15, -0.1) is 0 Å². The van der Waals surface area contributed by atoms with Crippen molar-refractivity contribution in [2.45, 2.75) is 6.42 Å². The van der Waals surface area contributed by atoms with Crippen molar-refractivity contribution in [1.29, 1.82) is 0 Å². The highest BCUT2D eigenvalue weighted by Gasteiger charge is 1.98. The van der Waals surface area contributed by atoms with Gasteiger partial charge in [0.05, 0.1) is 0 Å². The maximum atomic E-state index is 9.96. The van der Waals surface area contributed by atoms with Gasteiger partial charge in [-0.25, -0.2) is 4.79 Å². The second-order valence-electron chi connectivity index (χ2n) is 2.17. The average Bonchev–Trinajstić information content (AvgIpc) is 1.82. The van der Waals surface area contributed by atoms with Crippen molar-refractivity contribution in [2.75, 3.05) is 19.7 Å². The highest BCUT2D eigenvalue weighted by Crippen LogP contribution is 1.80. The summed E-state index contributed by atoms with van der Waals surface area (Å²) in [5.41, 5.74) is 4.49. The molecule has 0 radical (unpaired) electrons. The molecule has 0 bridgehead atoms. The van der Waals surface area contributed by atoms with Crippen LogP contribution in [0.4, 0.5) is 4.79 Å². The Morgan fingerprint density at radius 1 is 1.50 bits per heavy atom. The van der Waals surface area contributed by atoms with Gasteiger partial charge in [-0.05, 0) is 19.5 Å². The van der Waals surface area contributed by atoms with Gasteiger partial charge >= 0.3 is 6.03 Å². The van der Waals surface area contributed by atoms with E-state index in [9.17, 15) is 9.59 Å². The molecule has 3 amide bonds. The Kier molecular flexibility index (Phi) is 5.94. The van der Waals surface area contributed by atoms with Crippen molar-refractivity contribution in [3.8, 4) is 0 Å². The largest absolute Gasteiger partial charge is 0.387 e. The third kappa shape index (κ3) is 6.97. The molecule has 5 N–H and O–H groups in total. The van der Waals surface area contributed by atoms with Gasteiger partial charge in [0.1, 0.15) is 6.61 Å². The summed E-state index contributed by atoms with van der Waals surface area (Å²) in [5, 5.41) is 12.7. The van der Waals surface area contributed by atoms with E-state index in [4.69, 9.17) is 5.11 Å². The van der Waals surface area contributed by atoms with E-state index in [0.717, 1.165) is 0 Å². The number of rotatable bonds is 1. The van der Waals surface area contributed by atoms with Crippen LogP contribution in [0.1, 0.15) is 6.42 Å². The van der Waals surface area contributed by atoms with Gasteiger partial charge in [-0.2, -0.15) is 0 Å². The van der Waals surface area contributed by atoms with Gasteiger partial charge in [0, 0.05) is 0 Å². The average molecular weight is 175 g/mol. The number of urea groups is 1. The van der Waals surface area contributed by atoms with Crippen LogP contribution in [0.2, 0.25) is 0 Å². The number of imide groups is 1. The third-order valence-corrected chi connectivity index (χ3v) is 1.11. The van der Waals surface area contributed by atoms with Crippen LogP contribution in [0.3, 0.4) is 0 Å². The normalized spacial score (nSPS) is 13.4.